The number of urea groups is 1. The summed E-state index contributed by atoms with van der Waals surface area (Å²) >= 11 is 0. The largest absolute Gasteiger partial charge is 0.573 e. The summed E-state index contributed by atoms with van der Waals surface area (Å²) in [7, 11) is 1.73. The van der Waals surface area contributed by atoms with Crippen LogP contribution in [-0.4, -0.2) is 48.0 Å². The Kier molecular flexibility index (Phi) is 6.87. The highest BCUT2D eigenvalue weighted by molar-refractivity contribution is 5.89. The summed E-state index contributed by atoms with van der Waals surface area (Å²) in [6.45, 7) is 4.05. The molecule has 3 unspecified atom stereocenters. The molecule has 0 spiro atoms. The fourth-order valence-corrected chi connectivity index (χ4v) is 2.76. The van der Waals surface area contributed by atoms with Crippen molar-refractivity contribution in [3.05, 3.63) is 24.3 Å². The van der Waals surface area contributed by atoms with Gasteiger partial charge in [0, 0.05) is 11.7 Å². The number of carbonyl (C=O) groups is 1. The fourth-order valence-electron chi connectivity index (χ4n) is 2.76. The third kappa shape index (κ3) is 6.24. The van der Waals surface area contributed by atoms with Crippen molar-refractivity contribution in [2.45, 2.75) is 45.1 Å². The number of benzene rings is 1. The van der Waals surface area contributed by atoms with Crippen LogP contribution in [0.25, 0.3) is 0 Å². The van der Waals surface area contributed by atoms with Crippen LogP contribution in [0, 0.1) is 5.92 Å². The zero-order chi connectivity index (χ0) is 20.2. The second-order valence-electron chi connectivity index (χ2n) is 6.64. The summed E-state index contributed by atoms with van der Waals surface area (Å²) in [5.41, 5.74) is 2.53. The van der Waals surface area contributed by atoms with Crippen molar-refractivity contribution >= 4 is 11.7 Å². The number of ether oxygens (including phenoxy) is 1. The fraction of sp³-hybridized carbons (Fsp3) is 0.562. The summed E-state index contributed by atoms with van der Waals surface area (Å²) in [5, 5.41) is 17.9. The zero-order valence-electron chi connectivity index (χ0n) is 15.2. The quantitative estimate of drug-likeness (QED) is 0.494. The van der Waals surface area contributed by atoms with Crippen LogP contribution in [0.4, 0.5) is 23.7 Å². The molecule has 11 heteroatoms. The van der Waals surface area contributed by atoms with Crippen molar-refractivity contribution in [3.63, 3.8) is 0 Å². The molecule has 1 aliphatic rings. The van der Waals surface area contributed by atoms with Gasteiger partial charge in [0.1, 0.15) is 12.0 Å². The molecule has 0 bridgehead atoms. The van der Waals surface area contributed by atoms with Crippen LogP contribution >= 0.6 is 0 Å². The van der Waals surface area contributed by atoms with E-state index < -0.39 is 18.7 Å². The number of alkyl halides is 3. The van der Waals surface area contributed by atoms with Gasteiger partial charge >= 0.3 is 12.4 Å². The van der Waals surface area contributed by atoms with Crippen molar-refractivity contribution in [1.29, 1.82) is 0 Å². The van der Waals surface area contributed by atoms with Gasteiger partial charge in [0.2, 0.25) is 0 Å². The number of nitrogens with one attached hydrogen (secondary N) is 4. The first kappa shape index (κ1) is 21.2. The van der Waals surface area contributed by atoms with Crippen LogP contribution in [-0.2, 0) is 0 Å². The summed E-state index contributed by atoms with van der Waals surface area (Å²) in [6, 6.07) is 4.32. The van der Waals surface area contributed by atoms with Gasteiger partial charge in [-0.15, -0.1) is 13.2 Å². The zero-order valence-corrected chi connectivity index (χ0v) is 15.2. The van der Waals surface area contributed by atoms with Crippen molar-refractivity contribution < 1.29 is 27.9 Å². The van der Waals surface area contributed by atoms with Gasteiger partial charge in [0.05, 0.1) is 6.17 Å². The minimum absolute atomic E-state index is 0.0648. The standard InChI is InChI=1S/C16H24F3N5O3/c1-9(2)12-8-13(23-26)24(3)14(21-12)22-15(25)20-10-4-6-11(7-5-10)27-16(17,18)19/h4-7,9,12-14,21,23,26H,8H2,1-3H3,(H2,20,22,25). The number of amides is 2. The van der Waals surface area contributed by atoms with Crippen molar-refractivity contribution in [2.24, 2.45) is 5.92 Å². The maximum absolute atomic E-state index is 12.2. The number of hydrogen-bond acceptors (Lipinski definition) is 6. The smallest absolute Gasteiger partial charge is 0.406 e. The molecule has 0 aliphatic carbocycles. The molecule has 1 heterocycles. The maximum Gasteiger partial charge on any atom is 0.573 e. The highest BCUT2D eigenvalue weighted by atomic mass is 19.4. The molecule has 0 aromatic heterocycles. The molecule has 3 atom stereocenters. The van der Waals surface area contributed by atoms with Gasteiger partial charge in [-0.05, 0) is 43.7 Å². The van der Waals surface area contributed by atoms with Gasteiger partial charge in [-0.2, -0.15) is 5.48 Å². The lowest BCUT2D eigenvalue weighted by Crippen LogP contribution is -2.69. The van der Waals surface area contributed by atoms with E-state index in [4.69, 9.17) is 0 Å². The molecule has 2 rings (SSSR count). The van der Waals surface area contributed by atoms with E-state index >= 15 is 0 Å². The molecule has 0 saturated carbocycles. The Morgan fingerprint density at radius 3 is 2.48 bits per heavy atom. The first-order chi connectivity index (χ1) is 12.6. The minimum Gasteiger partial charge on any atom is -0.406 e. The van der Waals surface area contributed by atoms with Gasteiger partial charge in [0.15, 0.2) is 0 Å². The summed E-state index contributed by atoms with van der Waals surface area (Å²) in [6.07, 6.45) is -5.02. The van der Waals surface area contributed by atoms with E-state index in [1.54, 1.807) is 11.9 Å². The Morgan fingerprint density at radius 1 is 1.33 bits per heavy atom. The van der Waals surface area contributed by atoms with Gasteiger partial charge in [-0.3, -0.25) is 10.2 Å². The second-order valence-corrected chi connectivity index (χ2v) is 6.64. The lowest BCUT2D eigenvalue weighted by Gasteiger charge is -2.44. The Bertz CT molecular complexity index is 627. The molecule has 8 nitrogen and oxygen atoms in total. The Hall–Kier alpha value is -2.08. The number of carbonyl (C=O) groups excluding carboxylic acids is 1. The van der Waals surface area contributed by atoms with Gasteiger partial charge in [0.25, 0.3) is 0 Å². The van der Waals surface area contributed by atoms with Gasteiger partial charge in [-0.1, -0.05) is 13.8 Å². The third-order valence-corrected chi connectivity index (χ3v) is 4.32. The predicted octanol–water partition coefficient (Wildman–Crippen LogP) is 2.24. The van der Waals surface area contributed by atoms with Crippen molar-refractivity contribution in [1.82, 2.24) is 21.0 Å². The minimum atomic E-state index is -4.77. The number of hydroxylamine groups is 1. The number of nitrogens with zero attached hydrogens (tertiary/aromatic N) is 1. The van der Waals surface area contributed by atoms with Crippen molar-refractivity contribution in [2.75, 3.05) is 12.4 Å². The molecule has 1 aromatic carbocycles. The lowest BCUT2D eigenvalue weighted by atomic mass is 9.97. The second kappa shape index (κ2) is 8.74. The normalized spacial score (nSPS) is 23.9. The van der Waals surface area contributed by atoms with E-state index in [1.807, 2.05) is 13.8 Å². The Labute approximate surface area is 155 Å². The van der Waals surface area contributed by atoms with Crippen LogP contribution in [0.5, 0.6) is 5.75 Å². The van der Waals surface area contributed by atoms with E-state index in [-0.39, 0.29) is 23.9 Å². The van der Waals surface area contributed by atoms with Crippen LogP contribution in [0.1, 0.15) is 20.3 Å². The molecule has 27 heavy (non-hydrogen) atoms. The Morgan fingerprint density at radius 2 is 1.96 bits per heavy atom. The molecule has 152 valence electrons. The first-order valence-corrected chi connectivity index (χ1v) is 8.40. The average Bonchev–Trinajstić information content (AvgIpc) is 2.57. The SMILES string of the molecule is CC(C)C1CC(NO)N(C)C(NC(=O)Nc2ccc(OC(F)(F)F)cc2)N1. The number of anilines is 1. The third-order valence-electron chi connectivity index (χ3n) is 4.32. The molecular weight excluding hydrogens is 367 g/mol. The molecule has 1 aromatic rings. The number of rotatable bonds is 5. The lowest BCUT2D eigenvalue weighted by molar-refractivity contribution is -0.274. The summed E-state index contributed by atoms with van der Waals surface area (Å²) < 4.78 is 40.3. The van der Waals surface area contributed by atoms with E-state index in [2.05, 4.69) is 26.2 Å². The van der Waals surface area contributed by atoms with E-state index in [0.717, 1.165) is 12.1 Å². The molecule has 0 radical (unpaired) electrons. The molecule has 5 N–H and O–H groups in total. The highest BCUT2D eigenvalue weighted by Crippen LogP contribution is 2.24. The van der Waals surface area contributed by atoms with E-state index in [0.29, 0.717) is 12.1 Å². The summed E-state index contributed by atoms with van der Waals surface area (Å²) in [5.74, 6) is -0.0955. The predicted molar refractivity (Wildman–Crippen MR) is 91.9 cm³/mol. The monoisotopic (exact) mass is 391 g/mol. The highest BCUT2D eigenvalue weighted by Gasteiger charge is 2.34. The van der Waals surface area contributed by atoms with E-state index in [9.17, 15) is 23.2 Å². The molecule has 1 aliphatic heterocycles. The molecule has 1 fully saturated rings. The molecular formula is C16H24F3N5O3. The molecule has 1 saturated heterocycles. The van der Waals surface area contributed by atoms with Crippen LogP contribution < -0.4 is 26.2 Å². The number of halogens is 3. The van der Waals surface area contributed by atoms with Crippen LogP contribution in [0.15, 0.2) is 24.3 Å². The van der Waals surface area contributed by atoms with Crippen molar-refractivity contribution in [3.8, 4) is 5.75 Å². The first-order valence-electron chi connectivity index (χ1n) is 8.40. The average molecular weight is 391 g/mol. The van der Waals surface area contributed by atoms with Crippen LogP contribution in [0.2, 0.25) is 0 Å². The molecule has 2 amide bonds. The van der Waals surface area contributed by atoms with E-state index in [1.165, 1.54) is 12.1 Å². The summed E-state index contributed by atoms with van der Waals surface area (Å²) in [4.78, 5) is 13.9. The Balaban J connectivity index is 1.95. The van der Waals surface area contributed by atoms with Gasteiger partial charge in [-0.25, -0.2) is 4.79 Å². The van der Waals surface area contributed by atoms with Gasteiger partial charge < -0.3 is 20.6 Å². The van der Waals surface area contributed by atoms with Crippen LogP contribution in [0.3, 0.4) is 0 Å². The number of hydrogen-bond donors (Lipinski definition) is 5. The maximum atomic E-state index is 12.2. The topological polar surface area (TPSA) is 97.9 Å².